The number of aromatic nitrogens is 2. The van der Waals surface area contributed by atoms with E-state index in [1.807, 2.05) is 57.2 Å². The first-order valence-electron chi connectivity index (χ1n) is 18.3. The maximum absolute atomic E-state index is 13.5. The van der Waals surface area contributed by atoms with E-state index in [1.54, 1.807) is 42.6 Å². The lowest BCUT2D eigenvalue weighted by molar-refractivity contribution is 0.0338. The third kappa shape index (κ3) is 11.8. The van der Waals surface area contributed by atoms with Crippen LogP contribution in [0.25, 0.3) is 10.8 Å². The second kappa shape index (κ2) is 20.4. The van der Waals surface area contributed by atoms with Gasteiger partial charge in [-0.1, -0.05) is 45.0 Å². The Kier molecular flexibility index (Phi) is 15.2. The van der Waals surface area contributed by atoms with Crippen LogP contribution in [0.1, 0.15) is 36.7 Å². The van der Waals surface area contributed by atoms with Crippen molar-refractivity contribution >= 4 is 62.4 Å². The minimum Gasteiger partial charge on any atom is -0.496 e. The number of nitrogens with zero attached hydrogens (tertiary/aromatic N) is 2. The number of nitrogens with one attached hydrogen (secondary N) is 5. The lowest BCUT2D eigenvalue weighted by Gasteiger charge is -2.24. The normalized spacial score (nSPS) is 11.7. The van der Waals surface area contributed by atoms with Crippen LogP contribution in [0.5, 0.6) is 23.1 Å². The van der Waals surface area contributed by atoms with Crippen molar-refractivity contribution in [2.45, 2.75) is 26.2 Å². The molecule has 3 amide bonds. The molecule has 308 valence electrons. The van der Waals surface area contributed by atoms with E-state index in [-0.39, 0.29) is 36.4 Å². The average Bonchev–Trinajstić information content (AvgIpc) is 3.19. The van der Waals surface area contributed by atoms with Gasteiger partial charge in [-0.3, -0.25) is 4.79 Å². The van der Waals surface area contributed by atoms with Gasteiger partial charge < -0.3 is 54.8 Å². The van der Waals surface area contributed by atoms with Gasteiger partial charge in [0.1, 0.15) is 22.5 Å². The van der Waals surface area contributed by atoms with Crippen molar-refractivity contribution in [3.05, 3.63) is 90.1 Å². The molecule has 1 unspecified atom stereocenters. The second-order valence-electron chi connectivity index (χ2n) is 13.7. The molecule has 0 aliphatic carbocycles. The highest BCUT2D eigenvalue weighted by molar-refractivity contribution is 7.85. The van der Waals surface area contributed by atoms with Crippen molar-refractivity contribution in [3.63, 3.8) is 0 Å². The molecular weight excluding hydrogens is 767 g/mol. The number of benzene rings is 4. The van der Waals surface area contributed by atoms with Crippen molar-refractivity contribution in [1.82, 2.24) is 15.3 Å². The third-order valence-electron chi connectivity index (χ3n) is 8.48. The van der Waals surface area contributed by atoms with Gasteiger partial charge in [-0.15, -0.1) is 0 Å². The zero-order chi connectivity index (χ0) is 41.7. The molecule has 0 saturated carbocycles. The Balaban J connectivity index is 1.26. The van der Waals surface area contributed by atoms with E-state index in [2.05, 4.69) is 36.0 Å². The highest BCUT2D eigenvalue weighted by Crippen LogP contribution is 2.39. The molecule has 5 aromatic rings. The van der Waals surface area contributed by atoms with E-state index in [1.165, 1.54) is 20.5 Å². The van der Waals surface area contributed by atoms with Gasteiger partial charge in [0, 0.05) is 47.6 Å². The topological polar surface area (TPSA) is 204 Å². The van der Waals surface area contributed by atoms with Crippen molar-refractivity contribution in [2.24, 2.45) is 0 Å². The summed E-state index contributed by atoms with van der Waals surface area (Å²) < 4.78 is 42.9. The first-order valence-corrected chi connectivity index (χ1v) is 19.9. The molecule has 58 heavy (non-hydrogen) atoms. The molecule has 16 nitrogen and oxygen atoms in total. The predicted molar refractivity (Wildman–Crippen MR) is 225 cm³/mol. The molecule has 17 heteroatoms. The Labute approximate surface area is 339 Å². The smallest absolute Gasteiger partial charge is 0.323 e. The van der Waals surface area contributed by atoms with Gasteiger partial charge in [0.05, 0.1) is 69.9 Å². The maximum Gasteiger partial charge on any atom is 0.323 e. The van der Waals surface area contributed by atoms with Crippen LogP contribution in [0.3, 0.4) is 0 Å². The molecule has 0 saturated heterocycles. The predicted octanol–water partition coefficient (Wildman–Crippen LogP) is 6.59. The summed E-state index contributed by atoms with van der Waals surface area (Å²) in [4.78, 5) is 35.2. The fourth-order valence-corrected chi connectivity index (χ4v) is 6.19. The van der Waals surface area contributed by atoms with E-state index in [0.717, 1.165) is 10.9 Å². The first kappa shape index (κ1) is 43.1. The summed E-state index contributed by atoms with van der Waals surface area (Å²) in [5.74, 6) is 1.36. The minimum absolute atomic E-state index is 0.0458. The van der Waals surface area contributed by atoms with E-state index in [0.29, 0.717) is 77.3 Å². The van der Waals surface area contributed by atoms with Crippen molar-refractivity contribution in [3.8, 4) is 23.1 Å². The SMILES string of the molecule is COc1cc(Nc2nccc(Oc3ccc(NC(=O)Nc4cc(C(C)(C)C)cc(NS(C)=O)c4OC)c4ccccc34)n2)ccc1C(=O)NCCOCCOCCO. The van der Waals surface area contributed by atoms with E-state index >= 15 is 0 Å². The number of aliphatic hydroxyl groups is 1. The molecule has 0 aliphatic heterocycles. The Bertz CT molecular complexity index is 2230. The molecule has 0 radical (unpaired) electrons. The number of rotatable bonds is 19. The van der Waals surface area contributed by atoms with Crippen LogP contribution in [-0.2, 0) is 25.9 Å². The van der Waals surface area contributed by atoms with Crippen molar-refractivity contribution in [1.29, 1.82) is 0 Å². The zero-order valence-electron chi connectivity index (χ0n) is 33.3. The average molecular weight is 816 g/mol. The van der Waals surface area contributed by atoms with Crippen molar-refractivity contribution < 1.29 is 42.6 Å². The Morgan fingerprint density at radius 3 is 2.24 bits per heavy atom. The van der Waals surface area contributed by atoms with Crippen molar-refractivity contribution in [2.75, 3.05) is 80.7 Å². The number of amides is 3. The molecule has 1 aromatic heterocycles. The van der Waals surface area contributed by atoms with Gasteiger partial charge in [0.2, 0.25) is 11.8 Å². The third-order valence-corrected chi connectivity index (χ3v) is 8.99. The van der Waals surface area contributed by atoms with Gasteiger partial charge in [0.25, 0.3) is 5.91 Å². The summed E-state index contributed by atoms with van der Waals surface area (Å²) in [7, 11) is 1.59. The molecule has 0 spiro atoms. The largest absolute Gasteiger partial charge is 0.496 e. The van der Waals surface area contributed by atoms with Gasteiger partial charge in [-0.05, 0) is 47.4 Å². The first-order chi connectivity index (χ1) is 27.9. The number of anilines is 5. The number of carbonyl (C=O) groups is 2. The number of carbonyl (C=O) groups excluding carboxylic acids is 2. The number of aliphatic hydroxyl groups excluding tert-OH is 1. The van der Waals surface area contributed by atoms with Crippen LogP contribution < -0.4 is 40.2 Å². The minimum atomic E-state index is -1.37. The van der Waals surface area contributed by atoms with E-state index < -0.39 is 17.0 Å². The molecule has 5 rings (SSSR count). The second-order valence-corrected chi connectivity index (χ2v) is 14.8. The number of ether oxygens (including phenoxy) is 5. The van der Waals surface area contributed by atoms with Crippen LogP contribution in [0, 0.1) is 0 Å². The Morgan fingerprint density at radius 1 is 0.810 bits per heavy atom. The van der Waals surface area contributed by atoms with Crippen LogP contribution >= 0.6 is 0 Å². The molecule has 0 bridgehead atoms. The lowest BCUT2D eigenvalue weighted by atomic mass is 9.86. The summed E-state index contributed by atoms with van der Waals surface area (Å²) in [5.41, 5.74) is 2.99. The van der Waals surface area contributed by atoms with Gasteiger partial charge in [-0.25, -0.2) is 14.0 Å². The standard InChI is InChI=1S/C41H49N7O9S/c1-41(2,3)26-23-32(37(54-5)33(24-26)48-58(6)52)46-40(51)45-31-13-14-34(29-10-8-7-9-28(29)31)57-36-15-16-43-39(47-36)44-27-11-12-30(35(25-27)53-4)38(50)42-17-19-55-21-22-56-20-18-49/h7-16,23-25,48-49H,17-22H2,1-6H3,(H,42,50)(H,43,44,47)(H2,45,46,51). The van der Waals surface area contributed by atoms with Crippen LogP contribution in [0.2, 0.25) is 0 Å². The van der Waals surface area contributed by atoms with E-state index in [4.69, 9.17) is 28.8 Å². The number of urea groups is 1. The molecule has 1 atom stereocenters. The quantitative estimate of drug-likeness (QED) is 0.0489. The number of hydrogen-bond donors (Lipinski definition) is 6. The number of fused-ring (bicyclic) bond motifs is 1. The summed E-state index contributed by atoms with van der Waals surface area (Å²) in [5, 5.41) is 22.0. The highest BCUT2D eigenvalue weighted by atomic mass is 32.2. The summed E-state index contributed by atoms with van der Waals surface area (Å²) in [6.45, 7) is 7.64. The highest BCUT2D eigenvalue weighted by Gasteiger charge is 2.22. The number of hydrogen-bond acceptors (Lipinski definition) is 12. The Hall–Kier alpha value is -6.01. The summed E-state index contributed by atoms with van der Waals surface area (Å²) in [6, 6.07) is 20.8. The molecule has 4 aromatic carbocycles. The van der Waals surface area contributed by atoms with Crippen LogP contribution in [0.4, 0.5) is 33.5 Å². The van der Waals surface area contributed by atoms with Gasteiger partial charge >= 0.3 is 6.03 Å². The maximum atomic E-state index is 13.5. The fourth-order valence-electron chi connectivity index (χ4n) is 5.73. The fraction of sp³-hybridized carbons (Fsp3) is 0.317. The monoisotopic (exact) mass is 815 g/mol. The van der Waals surface area contributed by atoms with Crippen LogP contribution in [-0.4, -0.2) is 91.3 Å². The molecular formula is C41H49N7O9S. The lowest BCUT2D eigenvalue weighted by Crippen LogP contribution is -2.28. The molecule has 0 fully saturated rings. The molecule has 1 heterocycles. The molecule has 0 aliphatic rings. The van der Waals surface area contributed by atoms with Gasteiger partial charge in [0.15, 0.2) is 5.75 Å². The summed E-state index contributed by atoms with van der Waals surface area (Å²) in [6.07, 6.45) is 3.07. The van der Waals surface area contributed by atoms with Gasteiger partial charge in [-0.2, -0.15) is 4.98 Å². The van der Waals surface area contributed by atoms with Crippen LogP contribution in [0.15, 0.2) is 79.0 Å². The summed E-state index contributed by atoms with van der Waals surface area (Å²) >= 11 is 0. The number of methoxy groups -OCH3 is 2. The molecule has 6 N–H and O–H groups in total. The van der Waals surface area contributed by atoms with E-state index in [9.17, 15) is 13.8 Å². The zero-order valence-corrected chi connectivity index (χ0v) is 34.1. The Morgan fingerprint density at radius 2 is 1.53 bits per heavy atom.